The lowest BCUT2D eigenvalue weighted by Crippen LogP contribution is -2.42. The summed E-state index contributed by atoms with van der Waals surface area (Å²) in [4.78, 5) is 24.4. The number of amides is 1. The van der Waals surface area contributed by atoms with Gasteiger partial charge in [-0.1, -0.05) is 18.2 Å². The average Bonchev–Trinajstić information content (AvgIpc) is 3.04. The predicted molar refractivity (Wildman–Crippen MR) is 97.9 cm³/mol. The SMILES string of the molecule is Cc1cc([C@@H]2CN(C(=O)c3cc4ccccc4s3)CCO2)nc(C)n1. The van der Waals surface area contributed by atoms with Gasteiger partial charge in [-0.15, -0.1) is 11.3 Å². The van der Waals surface area contributed by atoms with Crippen molar-refractivity contribution in [2.24, 2.45) is 0 Å². The largest absolute Gasteiger partial charge is 0.368 e. The topological polar surface area (TPSA) is 55.3 Å². The molecule has 1 fully saturated rings. The van der Waals surface area contributed by atoms with Gasteiger partial charge in [0.15, 0.2) is 0 Å². The zero-order chi connectivity index (χ0) is 17.4. The van der Waals surface area contributed by atoms with Crippen molar-refractivity contribution in [3.05, 3.63) is 58.5 Å². The van der Waals surface area contributed by atoms with Gasteiger partial charge >= 0.3 is 0 Å². The number of aryl methyl sites for hydroxylation is 2. The zero-order valence-corrected chi connectivity index (χ0v) is 15.0. The van der Waals surface area contributed by atoms with Crippen LogP contribution in [0.3, 0.4) is 0 Å². The van der Waals surface area contributed by atoms with Gasteiger partial charge in [0.2, 0.25) is 0 Å². The van der Waals surface area contributed by atoms with Crippen LogP contribution in [-0.2, 0) is 4.74 Å². The molecule has 0 saturated carbocycles. The second kappa shape index (κ2) is 6.54. The Morgan fingerprint density at radius 3 is 2.88 bits per heavy atom. The van der Waals surface area contributed by atoms with Gasteiger partial charge in [0.05, 0.1) is 23.7 Å². The Balaban J connectivity index is 1.57. The summed E-state index contributed by atoms with van der Waals surface area (Å²) in [5.41, 5.74) is 1.76. The van der Waals surface area contributed by atoms with Crippen molar-refractivity contribution < 1.29 is 9.53 Å². The number of morpholine rings is 1. The highest BCUT2D eigenvalue weighted by molar-refractivity contribution is 7.20. The van der Waals surface area contributed by atoms with Crippen LogP contribution in [0.15, 0.2) is 36.4 Å². The molecule has 25 heavy (non-hydrogen) atoms. The quantitative estimate of drug-likeness (QED) is 0.707. The lowest BCUT2D eigenvalue weighted by molar-refractivity contribution is -0.0247. The fourth-order valence-corrected chi connectivity index (χ4v) is 4.20. The van der Waals surface area contributed by atoms with Crippen LogP contribution in [0.5, 0.6) is 0 Å². The molecule has 1 aliphatic heterocycles. The van der Waals surface area contributed by atoms with Gasteiger partial charge in [-0.2, -0.15) is 0 Å². The van der Waals surface area contributed by atoms with Crippen LogP contribution in [0.2, 0.25) is 0 Å². The first-order chi connectivity index (χ1) is 12.1. The number of aromatic nitrogens is 2. The zero-order valence-electron chi connectivity index (χ0n) is 14.2. The molecule has 0 aliphatic carbocycles. The summed E-state index contributed by atoms with van der Waals surface area (Å²) in [6.07, 6.45) is -0.201. The Hall–Kier alpha value is -2.31. The molecule has 0 spiro atoms. The van der Waals surface area contributed by atoms with Gasteiger partial charge in [0.25, 0.3) is 5.91 Å². The minimum atomic E-state index is -0.201. The number of nitrogens with zero attached hydrogens (tertiary/aromatic N) is 3. The van der Waals surface area contributed by atoms with Crippen LogP contribution >= 0.6 is 11.3 Å². The molecule has 0 radical (unpaired) electrons. The van der Waals surface area contributed by atoms with E-state index >= 15 is 0 Å². The van der Waals surface area contributed by atoms with E-state index in [1.807, 2.05) is 55.1 Å². The first kappa shape index (κ1) is 16.2. The molecule has 0 unspecified atom stereocenters. The summed E-state index contributed by atoms with van der Waals surface area (Å²) in [6, 6.07) is 12.0. The van der Waals surface area contributed by atoms with E-state index in [-0.39, 0.29) is 12.0 Å². The van der Waals surface area contributed by atoms with Crippen LogP contribution in [0.25, 0.3) is 10.1 Å². The van der Waals surface area contributed by atoms with E-state index in [0.717, 1.165) is 32.2 Å². The van der Waals surface area contributed by atoms with Crippen molar-refractivity contribution in [2.75, 3.05) is 19.7 Å². The monoisotopic (exact) mass is 353 g/mol. The maximum Gasteiger partial charge on any atom is 0.264 e. The lowest BCUT2D eigenvalue weighted by atomic mass is 10.1. The molecule has 3 aromatic rings. The Bertz CT molecular complexity index is 884. The highest BCUT2D eigenvalue weighted by atomic mass is 32.1. The molecule has 6 heteroatoms. The van der Waals surface area contributed by atoms with Crippen LogP contribution < -0.4 is 0 Å². The molecule has 128 valence electrons. The molecule has 0 N–H and O–H groups in total. The van der Waals surface area contributed by atoms with E-state index in [1.54, 1.807) is 11.3 Å². The first-order valence-electron chi connectivity index (χ1n) is 8.32. The molecule has 3 heterocycles. The van der Waals surface area contributed by atoms with E-state index in [9.17, 15) is 4.79 Å². The van der Waals surface area contributed by atoms with Crippen molar-refractivity contribution >= 4 is 27.3 Å². The number of benzene rings is 1. The minimum Gasteiger partial charge on any atom is -0.368 e. The van der Waals surface area contributed by atoms with Crippen LogP contribution in [0.1, 0.15) is 33.0 Å². The summed E-state index contributed by atoms with van der Waals surface area (Å²) in [5, 5.41) is 1.11. The van der Waals surface area contributed by atoms with Crippen molar-refractivity contribution in [1.29, 1.82) is 0 Å². The Morgan fingerprint density at radius 2 is 2.08 bits per heavy atom. The Labute approximate surface area is 150 Å². The molecule has 4 rings (SSSR count). The van der Waals surface area contributed by atoms with Gasteiger partial charge in [-0.3, -0.25) is 4.79 Å². The maximum absolute atomic E-state index is 12.9. The van der Waals surface area contributed by atoms with Crippen molar-refractivity contribution in [3.63, 3.8) is 0 Å². The van der Waals surface area contributed by atoms with E-state index in [1.165, 1.54) is 0 Å². The van der Waals surface area contributed by atoms with Gasteiger partial charge < -0.3 is 9.64 Å². The molecule has 5 nitrogen and oxygen atoms in total. The van der Waals surface area contributed by atoms with Gasteiger partial charge in [0, 0.05) is 16.9 Å². The second-order valence-electron chi connectivity index (χ2n) is 6.24. The molecular formula is C19H19N3O2S. The molecule has 1 saturated heterocycles. The van der Waals surface area contributed by atoms with E-state index in [4.69, 9.17) is 4.74 Å². The number of carbonyl (C=O) groups excluding carboxylic acids is 1. The highest BCUT2D eigenvalue weighted by Crippen LogP contribution is 2.28. The van der Waals surface area contributed by atoms with Crippen LogP contribution in [-0.4, -0.2) is 40.5 Å². The van der Waals surface area contributed by atoms with E-state index in [2.05, 4.69) is 9.97 Å². The van der Waals surface area contributed by atoms with Gasteiger partial charge in [0.1, 0.15) is 11.9 Å². The fourth-order valence-electron chi connectivity index (χ4n) is 3.17. The third kappa shape index (κ3) is 3.27. The number of hydrogen-bond acceptors (Lipinski definition) is 5. The first-order valence-corrected chi connectivity index (χ1v) is 9.13. The molecule has 0 bridgehead atoms. The lowest BCUT2D eigenvalue weighted by Gasteiger charge is -2.32. The normalized spacial score (nSPS) is 17.8. The van der Waals surface area contributed by atoms with E-state index in [0.29, 0.717) is 19.7 Å². The van der Waals surface area contributed by atoms with Crippen LogP contribution in [0, 0.1) is 13.8 Å². The second-order valence-corrected chi connectivity index (χ2v) is 7.32. The van der Waals surface area contributed by atoms with Crippen molar-refractivity contribution in [1.82, 2.24) is 14.9 Å². The summed E-state index contributed by atoms with van der Waals surface area (Å²) in [7, 11) is 0. The smallest absolute Gasteiger partial charge is 0.264 e. The minimum absolute atomic E-state index is 0.0667. The summed E-state index contributed by atoms with van der Waals surface area (Å²) in [6.45, 7) is 5.46. The average molecular weight is 353 g/mol. The number of rotatable bonds is 2. The number of ether oxygens (including phenoxy) is 1. The summed E-state index contributed by atoms with van der Waals surface area (Å²) < 4.78 is 7.01. The number of fused-ring (bicyclic) bond motifs is 1. The predicted octanol–water partition coefficient (Wildman–Crippen LogP) is 3.52. The Kier molecular flexibility index (Phi) is 4.23. The molecule has 1 atom stereocenters. The number of hydrogen-bond donors (Lipinski definition) is 0. The molecule has 2 aromatic heterocycles. The maximum atomic E-state index is 12.9. The molecule has 1 aromatic carbocycles. The van der Waals surface area contributed by atoms with Gasteiger partial charge in [-0.25, -0.2) is 9.97 Å². The fraction of sp³-hybridized carbons (Fsp3) is 0.316. The number of thiophene rings is 1. The number of carbonyl (C=O) groups is 1. The standard InChI is InChI=1S/C19H19N3O2S/c1-12-9-15(21-13(2)20-12)16-11-22(7-8-24-16)19(23)18-10-14-5-3-4-6-17(14)25-18/h3-6,9-10,16H,7-8,11H2,1-2H3/t16-/m0/s1. The third-order valence-electron chi connectivity index (χ3n) is 4.31. The summed E-state index contributed by atoms with van der Waals surface area (Å²) >= 11 is 1.54. The summed E-state index contributed by atoms with van der Waals surface area (Å²) in [5.74, 6) is 0.795. The van der Waals surface area contributed by atoms with Crippen molar-refractivity contribution in [3.8, 4) is 0 Å². The van der Waals surface area contributed by atoms with Gasteiger partial charge in [-0.05, 0) is 37.4 Å². The molecule has 1 amide bonds. The van der Waals surface area contributed by atoms with Crippen LogP contribution in [0.4, 0.5) is 0 Å². The van der Waals surface area contributed by atoms with Crippen molar-refractivity contribution in [2.45, 2.75) is 20.0 Å². The third-order valence-corrected chi connectivity index (χ3v) is 5.41. The highest BCUT2D eigenvalue weighted by Gasteiger charge is 2.28. The molecule has 1 aliphatic rings. The molecular weight excluding hydrogens is 334 g/mol. The Morgan fingerprint density at radius 1 is 1.24 bits per heavy atom. The van der Waals surface area contributed by atoms with E-state index < -0.39 is 0 Å².